The first-order chi connectivity index (χ1) is 18.6. The molecule has 0 rings (SSSR count). The van der Waals surface area contributed by atoms with E-state index in [4.69, 9.17) is 16.7 Å². The average molecular weight is 580 g/mol. The van der Waals surface area contributed by atoms with Crippen LogP contribution in [0.25, 0.3) is 0 Å². The molecule has 0 aliphatic carbocycles. The van der Waals surface area contributed by atoms with Crippen molar-refractivity contribution in [2.24, 2.45) is 23.2 Å². The molecule has 0 saturated carbocycles. The summed E-state index contributed by atoms with van der Waals surface area (Å²) in [6.07, 6.45) is 22.1. The predicted octanol–water partition coefficient (Wildman–Crippen LogP) is 14.3. The lowest BCUT2D eigenvalue weighted by atomic mass is 9.78. The van der Waals surface area contributed by atoms with Gasteiger partial charge in [-0.3, -0.25) is 0 Å². The number of aliphatic hydroxyl groups excluding tert-OH is 1. The Hall–Kier alpha value is -0.0100. The minimum absolute atomic E-state index is 0.354. The quantitative estimate of drug-likeness (QED) is 0.151. The van der Waals surface area contributed by atoms with E-state index in [1.165, 1.54) is 77.0 Å². The number of alkyl halides is 1. The molecule has 1 N–H and O–H groups in total. The third kappa shape index (κ3) is 45.2. The Bertz CT molecular complexity index is 295. The van der Waals surface area contributed by atoms with Gasteiger partial charge in [0.1, 0.15) is 0 Å². The monoisotopic (exact) mass is 579 g/mol. The lowest BCUT2D eigenvalue weighted by Crippen LogP contribution is -2.15. The van der Waals surface area contributed by atoms with Crippen molar-refractivity contribution in [2.75, 3.05) is 12.5 Å². The van der Waals surface area contributed by atoms with E-state index >= 15 is 0 Å². The second-order valence-corrected chi connectivity index (χ2v) is 11.0. The van der Waals surface area contributed by atoms with Crippen LogP contribution in [0.3, 0.4) is 0 Å². The molecule has 0 unspecified atom stereocenters. The molecule has 0 fully saturated rings. The van der Waals surface area contributed by atoms with Crippen LogP contribution in [-0.4, -0.2) is 17.6 Å². The summed E-state index contributed by atoms with van der Waals surface area (Å²) in [6, 6.07) is 0. The van der Waals surface area contributed by atoms with Gasteiger partial charge in [-0.25, -0.2) is 0 Å². The molecule has 39 heavy (non-hydrogen) atoms. The summed E-state index contributed by atoms with van der Waals surface area (Å²) in [4.78, 5) is 0. The molecule has 0 heterocycles. The highest BCUT2D eigenvalue weighted by Crippen LogP contribution is 2.33. The average Bonchev–Trinajstić information content (AvgIpc) is 2.98. The highest BCUT2D eigenvalue weighted by Gasteiger charge is 2.20. The number of aliphatic hydroxyl groups is 1. The first-order valence-corrected chi connectivity index (χ1v) is 18.0. The molecule has 0 spiro atoms. The Kier molecular flexibility index (Phi) is 63.3. The lowest BCUT2D eigenvalue weighted by molar-refractivity contribution is 0.219. The van der Waals surface area contributed by atoms with Gasteiger partial charge in [0.25, 0.3) is 0 Å². The highest BCUT2D eigenvalue weighted by atomic mass is 35.5. The van der Waals surface area contributed by atoms with Crippen LogP contribution in [0.4, 0.5) is 0 Å². The molecule has 0 atom stereocenters. The molecule has 0 bridgehead atoms. The number of allylic oxidation sites excluding steroid dienone is 2. The Morgan fingerprint density at radius 2 is 0.744 bits per heavy atom. The van der Waals surface area contributed by atoms with E-state index in [0.717, 1.165) is 30.6 Å². The smallest absolute Gasteiger partial charge is 0.0459 e. The molecule has 0 aromatic rings. The molecule has 0 amide bonds. The molecule has 0 saturated heterocycles. The standard InChI is InChI=1S/C9H20.C7H16.C6H13Cl.C6H14O.C6H12.C3H8/c1-5-9(6-2,7-3)8-4;1-4-7(5-2)6-3;2*1-3-6(4-2)5-7;1-3-5-6-4-2;1-3-2/h5-8H2,1-4H3;7H,4-6H2,1-3H3;6H,3-5H2,1-2H3;6-7H,3-5H2,1-2H3;5-6H,3-4H2,1-2H3;3H2,1-2H3. The zero-order valence-corrected chi connectivity index (χ0v) is 31.3. The van der Waals surface area contributed by atoms with E-state index in [9.17, 15) is 0 Å². The topological polar surface area (TPSA) is 20.2 Å². The Morgan fingerprint density at radius 1 is 0.487 bits per heavy atom. The highest BCUT2D eigenvalue weighted by molar-refractivity contribution is 6.18. The van der Waals surface area contributed by atoms with E-state index in [2.05, 4.69) is 116 Å². The van der Waals surface area contributed by atoms with Crippen molar-refractivity contribution in [3.05, 3.63) is 12.2 Å². The first kappa shape index (κ1) is 51.7. The largest absolute Gasteiger partial charge is 0.396 e. The van der Waals surface area contributed by atoms with Crippen LogP contribution in [0.1, 0.15) is 194 Å². The minimum atomic E-state index is 0.354. The number of hydrogen-bond donors (Lipinski definition) is 1. The number of rotatable bonds is 15. The van der Waals surface area contributed by atoms with Gasteiger partial charge < -0.3 is 5.11 Å². The maximum atomic E-state index is 8.53. The van der Waals surface area contributed by atoms with E-state index in [-0.39, 0.29) is 0 Å². The summed E-state index contributed by atoms with van der Waals surface area (Å²) in [5, 5.41) is 8.53. The molecule has 2 heteroatoms. The third-order valence-corrected chi connectivity index (χ3v) is 8.59. The SMILES string of the molecule is CCC.CCC(CC)(CC)CC.CCC(CC)CC.CCC(CC)CCl.CCC(CC)CO.CCC=CCC. The second-order valence-electron chi connectivity index (χ2n) is 10.7. The summed E-state index contributed by atoms with van der Waals surface area (Å²) in [6.45, 7) is 33.4. The zero-order valence-electron chi connectivity index (χ0n) is 30.5. The van der Waals surface area contributed by atoms with Gasteiger partial charge in [0.2, 0.25) is 0 Å². The van der Waals surface area contributed by atoms with E-state index in [1.807, 2.05) is 0 Å². The Morgan fingerprint density at radius 3 is 0.769 bits per heavy atom. The zero-order chi connectivity index (χ0) is 32.0. The lowest BCUT2D eigenvalue weighted by Gasteiger charge is -2.28. The van der Waals surface area contributed by atoms with Crippen molar-refractivity contribution >= 4 is 11.6 Å². The molecule has 0 aromatic heterocycles. The third-order valence-electron chi connectivity index (χ3n) is 8.16. The Balaban J connectivity index is -0.0000000855. The van der Waals surface area contributed by atoms with E-state index in [1.54, 1.807) is 0 Å². The molecule has 0 aromatic carbocycles. The Labute approximate surface area is 257 Å². The van der Waals surface area contributed by atoms with Gasteiger partial charge in [-0.15, -0.1) is 11.6 Å². The molecule has 244 valence electrons. The van der Waals surface area contributed by atoms with Gasteiger partial charge in [0.15, 0.2) is 0 Å². The van der Waals surface area contributed by atoms with Crippen LogP contribution in [0.15, 0.2) is 12.2 Å². The fraction of sp³-hybridized carbons (Fsp3) is 0.946. The van der Waals surface area contributed by atoms with Crippen LogP contribution in [0.2, 0.25) is 0 Å². The summed E-state index contributed by atoms with van der Waals surface area (Å²) < 4.78 is 0. The van der Waals surface area contributed by atoms with Gasteiger partial charge in [0, 0.05) is 12.5 Å². The summed E-state index contributed by atoms with van der Waals surface area (Å²) in [5.74, 6) is 3.11. The van der Waals surface area contributed by atoms with Crippen molar-refractivity contribution in [3.8, 4) is 0 Å². The van der Waals surface area contributed by atoms with Crippen LogP contribution in [0, 0.1) is 23.2 Å². The van der Waals surface area contributed by atoms with Crippen LogP contribution in [0.5, 0.6) is 0 Å². The fourth-order valence-electron chi connectivity index (χ4n) is 3.75. The maximum Gasteiger partial charge on any atom is 0.0459 e. The molecule has 0 aliphatic rings. The molecular weight excluding hydrogens is 496 g/mol. The van der Waals surface area contributed by atoms with Crippen LogP contribution in [-0.2, 0) is 0 Å². The van der Waals surface area contributed by atoms with Gasteiger partial charge in [-0.05, 0) is 36.0 Å². The summed E-state index contributed by atoms with van der Waals surface area (Å²) in [7, 11) is 0. The fourth-order valence-corrected chi connectivity index (χ4v) is 4.19. The molecule has 1 nitrogen and oxygen atoms in total. The van der Waals surface area contributed by atoms with Gasteiger partial charge >= 0.3 is 0 Å². The number of hydrogen-bond acceptors (Lipinski definition) is 1. The summed E-state index contributed by atoms with van der Waals surface area (Å²) in [5.41, 5.74) is 0.667. The van der Waals surface area contributed by atoms with E-state index in [0.29, 0.717) is 17.9 Å². The normalized spacial score (nSPS) is 10.4. The maximum absolute atomic E-state index is 8.53. The predicted molar refractivity (Wildman–Crippen MR) is 190 cm³/mol. The minimum Gasteiger partial charge on any atom is -0.396 e. The van der Waals surface area contributed by atoms with Crippen molar-refractivity contribution in [1.29, 1.82) is 0 Å². The second kappa shape index (κ2) is 47.8. The van der Waals surface area contributed by atoms with Crippen molar-refractivity contribution in [3.63, 3.8) is 0 Å². The van der Waals surface area contributed by atoms with E-state index < -0.39 is 0 Å². The van der Waals surface area contributed by atoms with Crippen molar-refractivity contribution in [1.82, 2.24) is 0 Å². The van der Waals surface area contributed by atoms with Gasteiger partial charge in [-0.2, -0.15) is 0 Å². The van der Waals surface area contributed by atoms with Gasteiger partial charge in [-0.1, -0.05) is 193 Å². The number of halogens is 1. The first-order valence-electron chi connectivity index (χ1n) is 17.4. The van der Waals surface area contributed by atoms with Crippen LogP contribution >= 0.6 is 11.6 Å². The van der Waals surface area contributed by atoms with Crippen molar-refractivity contribution < 1.29 is 5.11 Å². The van der Waals surface area contributed by atoms with Gasteiger partial charge in [0.05, 0.1) is 0 Å². The molecular formula is C37H83ClO. The molecule has 0 radical (unpaired) electrons. The van der Waals surface area contributed by atoms with Crippen molar-refractivity contribution in [2.45, 2.75) is 194 Å². The molecule has 0 aliphatic heterocycles. The van der Waals surface area contributed by atoms with Crippen LogP contribution < -0.4 is 0 Å². The summed E-state index contributed by atoms with van der Waals surface area (Å²) >= 11 is 5.57.